The fraction of sp³-hybridized carbons (Fsp3) is 0.500. The Morgan fingerprint density at radius 1 is 1.18 bits per heavy atom. The highest BCUT2D eigenvalue weighted by Crippen LogP contribution is 2.24. The molecule has 1 heterocycles. The van der Waals surface area contributed by atoms with Crippen molar-refractivity contribution in [3.63, 3.8) is 0 Å². The summed E-state index contributed by atoms with van der Waals surface area (Å²) in [5, 5.41) is 0. The number of ether oxygens (including phenoxy) is 2. The lowest BCUT2D eigenvalue weighted by molar-refractivity contribution is -0.274. The molecule has 0 spiro atoms. The number of hydrogen-bond donors (Lipinski definition) is 1. The summed E-state index contributed by atoms with van der Waals surface area (Å²) in [5.41, 5.74) is 5.76. The Kier molecular flexibility index (Phi) is 5.12. The van der Waals surface area contributed by atoms with E-state index in [0.29, 0.717) is 18.8 Å². The smallest absolute Gasteiger partial charge is 0.484 e. The fourth-order valence-corrected chi connectivity index (χ4v) is 2.12. The standard InChI is InChI=1S/C14H17F3N2O3/c15-14(16,17)22-12-3-1-11(2-4-12)21-9-13(20)19-7-5-10(18)6-8-19/h1-4,10H,5-9,18H2. The molecule has 5 nitrogen and oxygen atoms in total. The first-order valence-corrected chi connectivity index (χ1v) is 6.85. The number of piperidine rings is 1. The molecule has 122 valence electrons. The highest BCUT2D eigenvalue weighted by atomic mass is 19.4. The minimum absolute atomic E-state index is 0.131. The van der Waals surface area contributed by atoms with E-state index in [1.54, 1.807) is 4.90 Å². The summed E-state index contributed by atoms with van der Waals surface area (Å²) >= 11 is 0. The Morgan fingerprint density at radius 2 is 1.73 bits per heavy atom. The Labute approximate surface area is 125 Å². The van der Waals surface area contributed by atoms with Crippen LogP contribution < -0.4 is 15.2 Å². The van der Waals surface area contributed by atoms with E-state index in [0.717, 1.165) is 25.0 Å². The molecule has 1 saturated heterocycles. The van der Waals surface area contributed by atoms with Gasteiger partial charge in [-0.05, 0) is 37.1 Å². The summed E-state index contributed by atoms with van der Waals surface area (Å²) in [6.45, 7) is 1.04. The second kappa shape index (κ2) is 6.87. The first-order chi connectivity index (χ1) is 10.3. The van der Waals surface area contributed by atoms with E-state index in [1.165, 1.54) is 12.1 Å². The van der Waals surface area contributed by atoms with Gasteiger partial charge in [-0.3, -0.25) is 4.79 Å². The molecule has 22 heavy (non-hydrogen) atoms. The lowest BCUT2D eigenvalue weighted by Gasteiger charge is -2.30. The van der Waals surface area contributed by atoms with Crippen LogP contribution in [0.4, 0.5) is 13.2 Å². The highest BCUT2D eigenvalue weighted by Gasteiger charge is 2.31. The number of nitrogens with zero attached hydrogens (tertiary/aromatic N) is 1. The molecule has 2 rings (SSSR count). The molecule has 0 unspecified atom stereocenters. The zero-order valence-electron chi connectivity index (χ0n) is 11.8. The van der Waals surface area contributed by atoms with E-state index in [-0.39, 0.29) is 24.3 Å². The number of halogens is 3. The van der Waals surface area contributed by atoms with Gasteiger partial charge >= 0.3 is 6.36 Å². The van der Waals surface area contributed by atoms with Crippen LogP contribution in [0, 0.1) is 0 Å². The number of rotatable bonds is 4. The van der Waals surface area contributed by atoms with Gasteiger partial charge in [0.15, 0.2) is 6.61 Å². The van der Waals surface area contributed by atoms with Gasteiger partial charge in [0, 0.05) is 19.1 Å². The summed E-state index contributed by atoms with van der Waals surface area (Å²) in [6, 6.07) is 5.03. The number of alkyl halides is 3. The molecule has 2 N–H and O–H groups in total. The third-order valence-electron chi connectivity index (χ3n) is 3.31. The zero-order valence-corrected chi connectivity index (χ0v) is 11.8. The van der Waals surface area contributed by atoms with E-state index in [4.69, 9.17) is 10.5 Å². The van der Waals surface area contributed by atoms with E-state index in [1.807, 2.05) is 0 Å². The summed E-state index contributed by atoms with van der Waals surface area (Å²) in [6.07, 6.45) is -3.21. The first-order valence-electron chi connectivity index (χ1n) is 6.85. The molecule has 1 aliphatic heterocycles. The van der Waals surface area contributed by atoms with Crippen molar-refractivity contribution in [2.24, 2.45) is 5.73 Å². The van der Waals surface area contributed by atoms with E-state index >= 15 is 0 Å². The van der Waals surface area contributed by atoms with Gasteiger partial charge in [-0.25, -0.2) is 0 Å². The van der Waals surface area contributed by atoms with Crippen molar-refractivity contribution in [3.8, 4) is 11.5 Å². The number of amides is 1. The molecule has 0 aromatic heterocycles. The molecule has 0 bridgehead atoms. The van der Waals surface area contributed by atoms with Crippen LogP contribution in [0.3, 0.4) is 0 Å². The minimum Gasteiger partial charge on any atom is -0.484 e. The molecular weight excluding hydrogens is 301 g/mol. The molecule has 0 atom stereocenters. The van der Waals surface area contributed by atoms with Crippen LogP contribution in [0.1, 0.15) is 12.8 Å². The SMILES string of the molecule is NC1CCN(C(=O)COc2ccc(OC(F)(F)F)cc2)CC1. The van der Waals surface area contributed by atoms with Crippen molar-refractivity contribution < 1.29 is 27.4 Å². The van der Waals surface area contributed by atoms with Crippen LogP contribution in [0.2, 0.25) is 0 Å². The number of hydrogen-bond acceptors (Lipinski definition) is 4. The van der Waals surface area contributed by atoms with Crippen LogP contribution in [0.15, 0.2) is 24.3 Å². The van der Waals surface area contributed by atoms with E-state index in [9.17, 15) is 18.0 Å². The molecule has 1 fully saturated rings. The molecule has 1 aromatic rings. The van der Waals surface area contributed by atoms with Crippen molar-refractivity contribution in [1.82, 2.24) is 4.90 Å². The number of benzene rings is 1. The molecular formula is C14H17F3N2O3. The quantitative estimate of drug-likeness (QED) is 0.921. The first kappa shape index (κ1) is 16.4. The van der Waals surface area contributed by atoms with Crippen LogP contribution >= 0.6 is 0 Å². The molecule has 0 saturated carbocycles. The highest BCUT2D eigenvalue weighted by molar-refractivity contribution is 5.77. The topological polar surface area (TPSA) is 64.8 Å². The van der Waals surface area contributed by atoms with E-state index in [2.05, 4.69) is 4.74 Å². The molecule has 1 amide bonds. The summed E-state index contributed by atoms with van der Waals surface area (Å²) in [5.74, 6) is -0.199. The van der Waals surface area contributed by atoms with Gasteiger partial charge in [0.25, 0.3) is 5.91 Å². The number of nitrogens with two attached hydrogens (primary N) is 1. The second-order valence-electron chi connectivity index (χ2n) is 5.03. The summed E-state index contributed by atoms with van der Waals surface area (Å²) in [7, 11) is 0. The average molecular weight is 318 g/mol. The van der Waals surface area contributed by atoms with Gasteiger partial charge in [0.05, 0.1) is 0 Å². The number of carbonyl (C=O) groups is 1. The maximum absolute atomic E-state index is 12.0. The van der Waals surface area contributed by atoms with Gasteiger partial charge in [0.2, 0.25) is 0 Å². The Balaban J connectivity index is 1.80. The van der Waals surface area contributed by atoms with Crippen LogP contribution in [0.25, 0.3) is 0 Å². The van der Waals surface area contributed by atoms with Crippen molar-refractivity contribution in [2.45, 2.75) is 25.2 Å². The van der Waals surface area contributed by atoms with Crippen molar-refractivity contribution in [3.05, 3.63) is 24.3 Å². The van der Waals surface area contributed by atoms with Crippen LogP contribution in [-0.2, 0) is 4.79 Å². The van der Waals surface area contributed by atoms with Crippen molar-refractivity contribution in [2.75, 3.05) is 19.7 Å². The predicted octanol–water partition coefficient (Wildman–Crippen LogP) is 1.91. The third-order valence-corrected chi connectivity index (χ3v) is 3.31. The van der Waals surface area contributed by atoms with Gasteiger partial charge in [-0.2, -0.15) is 0 Å². The molecule has 8 heteroatoms. The van der Waals surface area contributed by atoms with Crippen LogP contribution in [0.5, 0.6) is 11.5 Å². The largest absolute Gasteiger partial charge is 0.573 e. The van der Waals surface area contributed by atoms with Gasteiger partial charge < -0.3 is 20.1 Å². The molecule has 1 aliphatic rings. The van der Waals surface area contributed by atoms with Crippen molar-refractivity contribution in [1.29, 1.82) is 0 Å². The van der Waals surface area contributed by atoms with Gasteiger partial charge in [-0.1, -0.05) is 0 Å². The molecule has 0 radical (unpaired) electrons. The second-order valence-corrected chi connectivity index (χ2v) is 5.03. The Hall–Kier alpha value is -1.96. The minimum atomic E-state index is -4.73. The van der Waals surface area contributed by atoms with E-state index < -0.39 is 6.36 Å². The Morgan fingerprint density at radius 3 is 2.27 bits per heavy atom. The lowest BCUT2D eigenvalue weighted by Crippen LogP contribution is -2.44. The van der Waals surface area contributed by atoms with Crippen LogP contribution in [-0.4, -0.2) is 42.9 Å². The predicted molar refractivity (Wildman–Crippen MR) is 72.4 cm³/mol. The lowest BCUT2D eigenvalue weighted by atomic mass is 10.1. The van der Waals surface area contributed by atoms with Gasteiger partial charge in [-0.15, -0.1) is 13.2 Å². The average Bonchev–Trinajstić information content (AvgIpc) is 2.45. The normalized spacial score (nSPS) is 16.5. The monoisotopic (exact) mass is 318 g/mol. The maximum Gasteiger partial charge on any atom is 0.573 e. The molecule has 0 aliphatic carbocycles. The maximum atomic E-state index is 12.0. The summed E-state index contributed by atoms with van der Waals surface area (Å²) in [4.78, 5) is 13.6. The Bertz CT molecular complexity index is 497. The summed E-state index contributed by atoms with van der Waals surface area (Å²) < 4.78 is 45.1. The molecule has 1 aromatic carbocycles. The number of carbonyl (C=O) groups excluding carboxylic acids is 1. The van der Waals surface area contributed by atoms with Crippen molar-refractivity contribution >= 4 is 5.91 Å². The van der Waals surface area contributed by atoms with Gasteiger partial charge in [0.1, 0.15) is 11.5 Å². The zero-order chi connectivity index (χ0) is 16.2. The third kappa shape index (κ3) is 5.10. The fourth-order valence-electron chi connectivity index (χ4n) is 2.12. The number of likely N-dealkylation sites (tertiary alicyclic amines) is 1.